The molecule has 0 atom stereocenters. The molecule has 1 aromatic rings. The minimum Gasteiger partial charge on any atom is -0.486 e. The lowest BCUT2D eigenvalue weighted by Gasteiger charge is -2.36. The molecule has 1 aromatic carbocycles. The second-order valence-electron chi connectivity index (χ2n) is 4.29. The van der Waals surface area contributed by atoms with Crippen molar-refractivity contribution >= 4 is 17.7 Å². The maximum Gasteiger partial charge on any atom is 0.138 e. The summed E-state index contributed by atoms with van der Waals surface area (Å²) in [5.74, 6) is 0.759. The third-order valence-electron chi connectivity index (χ3n) is 2.73. The third-order valence-corrected chi connectivity index (χ3v) is 3.02. The fourth-order valence-corrected chi connectivity index (χ4v) is 2.05. The Morgan fingerprint density at radius 3 is 2.88 bits per heavy atom. The molecule has 1 aliphatic rings. The molecule has 1 fully saturated rings. The minimum atomic E-state index is 0.267. The lowest BCUT2D eigenvalue weighted by molar-refractivity contribution is 0.0389. The number of rotatable bonds is 4. The molecule has 0 saturated carbocycles. The highest BCUT2D eigenvalue weighted by Gasteiger charge is 2.25. The summed E-state index contributed by atoms with van der Waals surface area (Å²) in [6, 6.07) is 5.79. The molecule has 92 valence electrons. The molecule has 0 aliphatic carbocycles. The Hall–Kier alpha value is -1.03. The first-order valence-corrected chi connectivity index (χ1v) is 6.08. The standard InChI is InChI=1S/C13H17ClN2O/c1-16-8-11(9-16)17-13-5-4-10(3-2-6-15)7-12(13)14/h2-5,7,11H,6,8-9,15H2,1H3/b3-2+. The summed E-state index contributed by atoms with van der Waals surface area (Å²) >= 11 is 6.17. The second kappa shape index (κ2) is 5.54. The minimum absolute atomic E-state index is 0.267. The lowest BCUT2D eigenvalue weighted by Crippen LogP contribution is -2.51. The van der Waals surface area contributed by atoms with Gasteiger partial charge in [-0.05, 0) is 24.7 Å². The van der Waals surface area contributed by atoms with Gasteiger partial charge in [-0.3, -0.25) is 4.90 Å². The van der Waals surface area contributed by atoms with Crippen LogP contribution in [0.2, 0.25) is 5.02 Å². The van der Waals surface area contributed by atoms with E-state index in [2.05, 4.69) is 11.9 Å². The molecule has 17 heavy (non-hydrogen) atoms. The third kappa shape index (κ3) is 3.22. The highest BCUT2D eigenvalue weighted by atomic mass is 35.5. The van der Waals surface area contributed by atoms with Crippen LogP contribution in [0.3, 0.4) is 0 Å². The van der Waals surface area contributed by atoms with E-state index >= 15 is 0 Å². The van der Waals surface area contributed by atoms with Crippen LogP contribution in [-0.4, -0.2) is 37.7 Å². The Balaban J connectivity index is 2.01. The van der Waals surface area contributed by atoms with Gasteiger partial charge in [-0.1, -0.05) is 29.8 Å². The van der Waals surface area contributed by atoms with Gasteiger partial charge in [-0.2, -0.15) is 0 Å². The van der Waals surface area contributed by atoms with Gasteiger partial charge in [0.15, 0.2) is 0 Å². The maximum absolute atomic E-state index is 6.17. The van der Waals surface area contributed by atoms with E-state index in [0.29, 0.717) is 11.6 Å². The average Bonchev–Trinajstić information content (AvgIpc) is 2.27. The first-order chi connectivity index (χ1) is 8.19. The van der Waals surface area contributed by atoms with Crippen molar-refractivity contribution in [3.63, 3.8) is 0 Å². The van der Waals surface area contributed by atoms with Crippen LogP contribution >= 0.6 is 11.6 Å². The van der Waals surface area contributed by atoms with Crippen LogP contribution in [0.1, 0.15) is 5.56 Å². The summed E-state index contributed by atoms with van der Waals surface area (Å²) in [7, 11) is 2.07. The van der Waals surface area contributed by atoms with E-state index in [1.165, 1.54) is 0 Å². The monoisotopic (exact) mass is 252 g/mol. The van der Waals surface area contributed by atoms with Gasteiger partial charge < -0.3 is 10.5 Å². The fraction of sp³-hybridized carbons (Fsp3) is 0.385. The Bertz CT molecular complexity index is 414. The average molecular weight is 253 g/mol. The van der Waals surface area contributed by atoms with Crippen molar-refractivity contribution in [2.24, 2.45) is 5.73 Å². The number of ether oxygens (including phenoxy) is 1. The van der Waals surface area contributed by atoms with Crippen LogP contribution < -0.4 is 10.5 Å². The molecular formula is C13H17ClN2O. The van der Waals surface area contributed by atoms with E-state index in [4.69, 9.17) is 22.1 Å². The molecule has 2 rings (SSSR count). The molecule has 0 radical (unpaired) electrons. The number of likely N-dealkylation sites (tertiary alicyclic amines) is 1. The van der Waals surface area contributed by atoms with Crippen LogP contribution in [0.4, 0.5) is 0 Å². The Morgan fingerprint density at radius 2 is 2.29 bits per heavy atom. The number of hydrogen-bond donors (Lipinski definition) is 1. The summed E-state index contributed by atoms with van der Waals surface area (Å²) in [4.78, 5) is 2.21. The molecule has 1 saturated heterocycles. The molecule has 2 N–H and O–H groups in total. The van der Waals surface area contributed by atoms with Gasteiger partial charge in [0.05, 0.1) is 5.02 Å². The molecule has 0 unspecified atom stereocenters. The Morgan fingerprint density at radius 1 is 1.53 bits per heavy atom. The van der Waals surface area contributed by atoms with Crippen molar-refractivity contribution in [2.75, 3.05) is 26.7 Å². The molecule has 0 spiro atoms. The van der Waals surface area contributed by atoms with Crippen LogP contribution in [0.15, 0.2) is 24.3 Å². The zero-order valence-corrected chi connectivity index (χ0v) is 10.7. The highest BCUT2D eigenvalue weighted by molar-refractivity contribution is 6.32. The van der Waals surface area contributed by atoms with Gasteiger partial charge >= 0.3 is 0 Å². The van der Waals surface area contributed by atoms with Gasteiger partial charge in [0, 0.05) is 19.6 Å². The molecule has 1 heterocycles. The van der Waals surface area contributed by atoms with E-state index in [0.717, 1.165) is 24.4 Å². The van der Waals surface area contributed by atoms with Gasteiger partial charge in [-0.25, -0.2) is 0 Å². The highest BCUT2D eigenvalue weighted by Crippen LogP contribution is 2.28. The molecule has 0 amide bonds. The SMILES string of the molecule is CN1CC(Oc2ccc(/C=C/CN)cc2Cl)C1. The molecule has 0 bridgehead atoms. The summed E-state index contributed by atoms with van der Waals surface area (Å²) in [6.07, 6.45) is 4.11. The summed E-state index contributed by atoms with van der Waals surface area (Å²) in [5.41, 5.74) is 6.44. The zero-order valence-electron chi connectivity index (χ0n) is 9.90. The fourth-order valence-electron chi connectivity index (χ4n) is 1.82. The molecule has 4 heteroatoms. The zero-order chi connectivity index (χ0) is 12.3. The first kappa shape index (κ1) is 12.4. The van der Waals surface area contributed by atoms with Crippen LogP contribution in [0.5, 0.6) is 5.75 Å². The lowest BCUT2D eigenvalue weighted by atomic mass is 10.1. The van der Waals surface area contributed by atoms with E-state index in [1.54, 1.807) is 0 Å². The van der Waals surface area contributed by atoms with E-state index in [-0.39, 0.29) is 6.10 Å². The molecule has 1 aliphatic heterocycles. The normalized spacial score (nSPS) is 17.4. The summed E-state index contributed by atoms with van der Waals surface area (Å²) in [5, 5.41) is 0.652. The molecular weight excluding hydrogens is 236 g/mol. The predicted molar refractivity (Wildman–Crippen MR) is 71.5 cm³/mol. The van der Waals surface area contributed by atoms with Crippen molar-refractivity contribution in [1.29, 1.82) is 0 Å². The van der Waals surface area contributed by atoms with E-state index in [9.17, 15) is 0 Å². The number of nitrogens with two attached hydrogens (primary N) is 1. The second-order valence-corrected chi connectivity index (χ2v) is 4.70. The number of benzene rings is 1. The van der Waals surface area contributed by atoms with Crippen molar-refractivity contribution in [3.05, 3.63) is 34.9 Å². The van der Waals surface area contributed by atoms with Gasteiger partial charge in [0.2, 0.25) is 0 Å². The number of hydrogen-bond acceptors (Lipinski definition) is 3. The number of nitrogens with zero attached hydrogens (tertiary/aromatic N) is 1. The first-order valence-electron chi connectivity index (χ1n) is 5.70. The van der Waals surface area contributed by atoms with Crippen LogP contribution in [-0.2, 0) is 0 Å². The van der Waals surface area contributed by atoms with Crippen molar-refractivity contribution < 1.29 is 4.74 Å². The van der Waals surface area contributed by atoms with Crippen molar-refractivity contribution in [1.82, 2.24) is 4.90 Å². The number of likely N-dealkylation sites (N-methyl/N-ethyl adjacent to an activating group) is 1. The van der Waals surface area contributed by atoms with E-state index in [1.807, 2.05) is 30.4 Å². The van der Waals surface area contributed by atoms with Crippen LogP contribution in [0.25, 0.3) is 6.08 Å². The van der Waals surface area contributed by atoms with Gasteiger partial charge in [0.1, 0.15) is 11.9 Å². The number of halogens is 1. The van der Waals surface area contributed by atoms with Gasteiger partial charge in [-0.15, -0.1) is 0 Å². The molecule has 0 aromatic heterocycles. The predicted octanol–water partition coefficient (Wildman–Crippen LogP) is 2.00. The largest absolute Gasteiger partial charge is 0.486 e. The van der Waals surface area contributed by atoms with Crippen LogP contribution in [0, 0.1) is 0 Å². The maximum atomic E-state index is 6.17. The van der Waals surface area contributed by atoms with Crippen molar-refractivity contribution in [2.45, 2.75) is 6.10 Å². The van der Waals surface area contributed by atoms with Crippen molar-refractivity contribution in [3.8, 4) is 5.75 Å². The van der Waals surface area contributed by atoms with E-state index < -0.39 is 0 Å². The smallest absolute Gasteiger partial charge is 0.138 e. The summed E-state index contributed by atoms with van der Waals surface area (Å²) < 4.78 is 5.79. The Kier molecular flexibility index (Phi) is 4.05. The topological polar surface area (TPSA) is 38.5 Å². The quantitative estimate of drug-likeness (QED) is 0.891. The molecule has 3 nitrogen and oxygen atoms in total. The summed E-state index contributed by atoms with van der Waals surface area (Å²) in [6.45, 7) is 2.46. The van der Waals surface area contributed by atoms with Gasteiger partial charge in [0.25, 0.3) is 0 Å². The Labute approximate surface area is 107 Å².